The summed E-state index contributed by atoms with van der Waals surface area (Å²) in [7, 11) is -3.06. The summed E-state index contributed by atoms with van der Waals surface area (Å²) in [5.74, 6) is 0.504. The van der Waals surface area contributed by atoms with E-state index in [1.165, 1.54) is 0 Å². The van der Waals surface area contributed by atoms with Gasteiger partial charge in [-0.25, -0.2) is 13.1 Å². The lowest BCUT2D eigenvalue weighted by atomic mass is 9.77. The van der Waals surface area contributed by atoms with Crippen molar-refractivity contribution in [2.24, 2.45) is 5.41 Å². The first-order chi connectivity index (χ1) is 22.4. The van der Waals surface area contributed by atoms with Crippen molar-refractivity contribution in [3.8, 4) is 0 Å². The van der Waals surface area contributed by atoms with E-state index in [9.17, 15) is 13.2 Å². The largest absolute Gasteiger partial charge is 0.316 e. The molecule has 7 nitrogen and oxygen atoms in total. The molecule has 3 aliphatic rings. The fraction of sp³-hybridized carbons (Fsp3) is 0.316. The predicted octanol–water partition coefficient (Wildman–Crippen LogP) is 5.89. The summed E-state index contributed by atoms with van der Waals surface area (Å²) in [5.41, 5.74) is 4.83. The maximum atomic E-state index is 13.8. The molecule has 4 heterocycles. The summed E-state index contributed by atoms with van der Waals surface area (Å²) in [6.07, 6.45) is 2.79. The molecule has 3 aliphatic heterocycles. The molecule has 1 amide bonds. The van der Waals surface area contributed by atoms with Crippen LogP contribution in [0.3, 0.4) is 0 Å². The van der Waals surface area contributed by atoms with Crippen molar-refractivity contribution in [1.29, 1.82) is 0 Å². The molecule has 5 aromatic rings. The zero-order valence-electron chi connectivity index (χ0n) is 25.8. The maximum Gasteiger partial charge on any atom is 0.234 e. The summed E-state index contributed by atoms with van der Waals surface area (Å²) in [4.78, 5) is 15.8. The highest BCUT2D eigenvalue weighted by atomic mass is 32.2. The lowest BCUT2D eigenvalue weighted by Crippen LogP contribution is -2.38. The molecule has 0 radical (unpaired) electrons. The molecular formula is C38H38N4O3S. The molecule has 1 aromatic heterocycles. The van der Waals surface area contributed by atoms with E-state index in [1.807, 2.05) is 23.1 Å². The number of hydrogen-bond acceptors (Lipinski definition) is 5. The van der Waals surface area contributed by atoms with Gasteiger partial charge in [0.1, 0.15) is 15.4 Å². The number of nitrogens with zero attached hydrogens (tertiary/aromatic N) is 3. The fourth-order valence-electron chi connectivity index (χ4n) is 8.13. The third-order valence-electron chi connectivity index (χ3n) is 10.6. The van der Waals surface area contributed by atoms with Gasteiger partial charge in [-0.15, -0.1) is 0 Å². The number of sulfone groups is 1. The van der Waals surface area contributed by atoms with E-state index in [0.717, 1.165) is 64.9 Å². The van der Waals surface area contributed by atoms with Crippen molar-refractivity contribution in [3.05, 3.63) is 132 Å². The molecule has 0 unspecified atom stereocenters. The second-order valence-electron chi connectivity index (χ2n) is 13.1. The van der Waals surface area contributed by atoms with Crippen LogP contribution in [-0.4, -0.2) is 55.2 Å². The average Bonchev–Trinajstić information content (AvgIpc) is 3.81. The standard InChI is InChI=1S/C38H38N4O3S/c43-36-37(20-22-39-27-37)21-23-41(36)32-16-17-34-33(26-32)35(28-18-24-46(44,45)25-19-28)40-42(34)38(29-10-4-1-5-11-29,30-12-6-2-7-13-30)31-14-8-3-9-15-31/h1-17,26,28,39H,18-25,27H2/t37-/m0/s1. The Morgan fingerprint density at radius 3 is 1.91 bits per heavy atom. The molecule has 1 atom stereocenters. The van der Waals surface area contributed by atoms with Crippen LogP contribution in [0.4, 0.5) is 5.69 Å². The summed E-state index contributed by atoms with van der Waals surface area (Å²) >= 11 is 0. The monoisotopic (exact) mass is 630 g/mol. The number of anilines is 1. The normalized spacial score (nSPS) is 21.8. The first-order valence-corrected chi connectivity index (χ1v) is 18.2. The molecule has 3 saturated heterocycles. The number of amides is 1. The van der Waals surface area contributed by atoms with Crippen molar-refractivity contribution < 1.29 is 13.2 Å². The van der Waals surface area contributed by atoms with Gasteiger partial charge in [0.15, 0.2) is 0 Å². The number of carbonyl (C=O) groups is 1. The number of hydrogen-bond donors (Lipinski definition) is 1. The average molecular weight is 631 g/mol. The molecule has 0 aliphatic carbocycles. The van der Waals surface area contributed by atoms with E-state index in [-0.39, 0.29) is 28.7 Å². The molecule has 1 spiro atoms. The molecule has 46 heavy (non-hydrogen) atoms. The van der Waals surface area contributed by atoms with Gasteiger partial charge < -0.3 is 10.2 Å². The number of carbonyl (C=O) groups excluding carboxylic acids is 1. The van der Waals surface area contributed by atoms with Crippen LogP contribution in [0.5, 0.6) is 0 Å². The summed E-state index contributed by atoms with van der Waals surface area (Å²) in [5, 5.41) is 9.91. The zero-order chi connectivity index (χ0) is 31.4. The number of rotatable bonds is 6. The molecule has 0 bridgehead atoms. The number of benzene rings is 4. The van der Waals surface area contributed by atoms with Crippen LogP contribution in [0, 0.1) is 5.41 Å². The Hall–Kier alpha value is -4.27. The van der Waals surface area contributed by atoms with Crippen molar-refractivity contribution in [3.63, 3.8) is 0 Å². The van der Waals surface area contributed by atoms with Crippen LogP contribution in [0.25, 0.3) is 10.9 Å². The van der Waals surface area contributed by atoms with Crippen molar-refractivity contribution in [2.45, 2.75) is 37.1 Å². The van der Waals surface area contributed by atoms with Crippen LogP contribution in [0.15, 0.2) is 109 Å². The van der Waals surface area contributed by atoms with Gasteiger partial charge in [-0.3, -0.25) is 4.79 Å². The Balaban J connectivity index is 1.39. The summed E-state index contributed by atoms with van der Waals surface area (Å²) in [6, 6.07) is 37.8. The van der Waals surface area contributed by atoms with E-state index in [1.54, 1.807) is 0 Å². The third kappa shape index (κ3) is 4.61. The topological polar surface area (TPSA) is 84.3 Å². The van der Waals surface area contributed by atoms with Crippen LogP contribution in [0.1, 0.15) is 54.0 Å². The molecule has 1 N–H and O–H groups in total. The highest BCUT2D eigenvalue weighted by molar-refractivity contribution is 7.91. The third-order valence-corrected chi connectivity index (χ3v) is 12.3. The van der Waals surface area contributed by atoms with Crippen molar-refractivity contribution in [2.75, 3.05) is 36.0 Å². The van der Waals surface area contributed by atoms with Crippen molar-refractivity contribution in [1.82, 2.24) is 15.1 Å². The maximum absolute atomic E-state index is 13.8. The highest BCUT2D eigenvalue weighted by Crippen LogP contribution is 2.46. The molecular weight excluding hydrogens is 593 g/mol. The quantitative estimate of drug-likeness (QED) is 0.237. The smallest absolute Gasteiger partial charge is 0.234 e. The second-order valence-corrected chi connectivity index (χ2v) is 15.5. The summed E-state index contributed by atoms with van der Waals surface area (Å²) < 4.78 is 27.2. The van der Waals surface area contributed by atoms with E-state index in [2.05, 4.69) is 101 Å². The van der Waals surface area contributed by atoms with Gasteiger partial charge in [0.05, 0.1) is 28.1 Å². The molecule has 3 fully saturated rings. The predicted molar refractivity (Wildman–Crippen MR) is 182 cm³/mol. The number of aromatic nitrogens is 2. The van der Waals surface area contributed by atoms with Crippen LogP contribution in [-0.2, 0) is 20.2 Å². The molecule has 234 valence electrons. The highest BCUT2D eigenvalue weighted by Gasteiger charge is 2.49. The molecule has 4 aromatic carbocycles. The number of nitrogens with one attached hydrogen (secondary N) is 1. The van der Waals surface area contributed by atoms with Crippen LogP contribution in [0.2, 0.25) is 0 Å². The van der Waals surface area contributed by atoms with Gasteiger partial charge in [-0.2, -0.15) is 5.10 Å². The second kappa shape index (κ2) is 11.2. The van der Waals surface area contributed by atoms with Gasteiger partial charge >= 0.3 is 0 Å². The van der Waals surface area contributed by atoms with Crippen molar-refractivity contribution >= 4 is 32.3 Å². The van der Waals surface area contributed by atoms with Gasteiger partial charge in [0.2, 0.25) is 5.91 Å². The molecule has 8 heteroatoms. The molecule has 8 rings (SSSR count). The Bertz CT molecular complexity index is 1890. The minimum absolute atomic E-state index is 0.0119. The Morgan fingerprint density at radius 2 is 1.37 bits per heavy atom. The van der Waals surface area contributed by atoms with E-state index in [0.29, 0.717) is 19.4 Å². The lowest BCUT2D eigenvalue weighted by Gasteiger charge is -2.37. The van der Waals surface area contributed by atoms with E-state index >= 15 is 0 Å². The van der Waals surface area contributed by atoms with Gasteiger partial charge in [-0.05, 0) is 67.1 Å². The number of fused-ring (bicyclic) bond motifs is 1. The SMILES string of the molecule is O=C1N(c2ccc3c(c2)c(C2CCS(=O)(=O)CC2)nn3C(c2ccccc2)(c2ccccc2)c2ccccc2)CC[C@]12CCNC2. The van der Waals surface area contributed by atoms with E-state index in [4.69, 9.17) is 5.10 Å². The minimum atomic E-state index is -3.06. The van der Waals surface area contributed by atoms with Gasteiger partial charge in [-0.1, -0.05) is 91.0 Å². The molecule has 0 saturated carbocycles. The van der Waals surface area contributed by atoms with Crippen LogP contribution < -0.4 is 10.2 Å². The first kappa shape index (κ1) is 29.2. The summed E-state index contributed by atoms with van der Waals surface area (Å²) in [6.45, 7) is 2.30. The van der Waals surface area contributed by atoms with Gasteiger partial charge in [0, 0.05) is 30.1 Å². The van der Waals surface area contributed by atoms with E-state index < -0.39 is 15.4 Å². The lowest BCUT2D eigenvalue weighted by molar-refractivity contribution is -0.124. The van der Waals surface area contributed by atoms with Crippen LogP contribution >= 0.6 is 0 Å². The minimum Gasteiger partial charge on any atom is -0.316 e. The fourth-order valence-corrected chi connectivity index (χ4v) is 9.62. The Morgan fingerprint density at radius 1 is 0.783 bits per heavy atom. The first-order valence-electron chi connectivity index (χ1n) is 16.3. The zero-order valence-corrected chi connectivity index (χ0v) is 26.6. The Kier molecular flexibility index (Phi) is 7.10. The van der Waals surface area contributed by atoms with Gasteiger partial charge in [0.25, 0.3) is 0 Å². The Labute approximate surface area is 270 Å².